The number of hydrogen-bond acceptors (Lipinski definition) is 4. The Bertz CT molecular complexity index is 531. The van der Waals surface area contributed by atoms with Crippen LogP contribution in [0.1, 0.15) is 46.5 Å². The molecule has 1 fully saturated rings. The van der Waals surface area contributed by atoms with E-state index < -0.39 is 9.84 Å². The van der Waals surface area contributed by atoms with Crippen LogP contribution in [0.3, 0.4) is 0 Å². The Morgan fingerprint density at radius 3 is 2.50 bits per heavy atom. The topological polar surface area (TPSA) is 99.7 Å². The molecule has 24 heavy (non-hydrogen) atoms. The van der Waals surface area contributed by atoms with Crippen LogP contribution in [0.5, 0.6) is 0 Å². The molecular weight excluding hydrogens is 328 g/mol. The van der Waals surface area contributed by atoms with Crippen LogP contribution >= 0.6 is 0 Å². The highest BCUT2D eigenvalue weighted by atomic mass is 32.2. The lowest BCUT2D eigenvalue weighted by atomic mass is 10.0. The number of amides is 1. The second kappa shape index (κ2) is 9.86. The summed E-state index contributed by atoms with van der Waals surface area (Å²) in [5.74, 6) is 1.45. The van der Waals surface area contributed by atoms with Crippen LogP contribution < -0.4 is 16.0 Å². The predicted octanol–water partition coefficient (Wildman–Crippen LogP) is 0.670. The molecule has 140 valence electrons. The van der Waals surface area contributed by atoms with Crippen LogP contribution in [0, 0.1) is 5.92 Å². The molecule has 2 unspecified atom stereocenters. The van der Waals surface area contributed by atoms with Crippen molar-refractivity contribution in [1.29, 1.82) is 0 Å². The zero-order chi connectivity index (χ0) is 18.2. The molecule has 3 N–H and O–H groups in total. The Labute approximate surface area is 146 Å². The fraction of sp³-hybridized carbons (Fsp3) is 0.875. The molecule has 8 heteroatoms. The SMILES string of the molecule is CN=C(NCCC(=O)NC1CCS(=O)(=O)C1)NC(C)CCC(C)C. The molecule has 1 aliphatic rings. The quantitative estimate of drug-likeness (QED) is 0.436. The Kier molecular flexibility index (Phi) is 8.52. The van der Waals surface area contributed by atoms with Crippen molar-refractivity contribution >= 4 is 21.7 Å². The Balaban J connectivity index is 2.23. The minimum Gasteiger partial charge on any atom is -0.356 e. The van der Waals surface area contributed by atoms with Crippen molar-refractivity contribution in [2.45, 2.75) is 58.5 Å². The Hall–Kier alpha value is -1.31. The number of nitrogens with one attached hydrogen (secondary N) is 3. The lowest BCUT2D eigenvalue weighted by Gasteiger charge is -2.19. The maximum atomic E-state index is 11.9. The molecule has 1 aliphatic heterocycles. The number of aliphatic imine (C=N–C) groups is 1. The first kappa shape index (κ1) is 20.7. The molecule has 0 aromatic heterocycles. The second-order valence-electron chi connectivity index (χ2n) is 6.93. The highest BCUT2D eigenvalue weighted by molar-refractivity contribution is 7.91. The van der Waals surface area contributed by atoms with Crippen molar-refractivity contribution in [3.05, 3.63) is 0 Å². The maximum Gasteiger partial charge on any atom is 0.222 e. The number of sulfone groups is 1. The van der Waals surface area contributed by atoms with E-state index in [2.05, 4.69) is 41.7 Å². The van der Waals surface area contributed by atoms with Crippen LogP contribution in [0.2, 0.25) is 0 Å². The molecule has 0 bridgehead atoms. The lowest BCUT2D eigenvalue weighted by molar-refractivity contribution is -0.121. The standard InChI is InChI=1S/C16H32N4O3S/c1-12(2)5-6-13(3)19-16(17-4)18-9-7-15(21)20-14-8-10-24(22,23)11-14/h12-14H,5-11H2,1-4H3,(H,20,21)(H2,17,18,19). The van der Waals surface area contributed by atoms with Crippen molar-refractivity contribution < 1.29 is 13.2 Å². The molecule has 1 rings (SSSR count). The largest absolute Gasteiger partial charge is 0.356 e. The average Bonchev–Trinajstić information content (AvgIpc) is 2.82. The molecule has 0 aromatic carbocycles. The molecule has 1 amide bonds. The Morgan fingerprint density at radius 1 is 1.25 bits per heavy atom. The van der Waals surface area contributed by atoms with E-state index >= 15 is 0 Å². The van der Waals surface area contributed by atoms with Crippen molar-refractivity contribution in [3.63, 3.8) is 0 Å². The normalized spacial score (nSPS) is 21.5. The number of nitrogens with zero attached hydrogens (tertiary/aromatic N) is 1. The molecule has 1 heterocycles. The predicted molar refractivity (Wildman–Crippen MR) is 97.8 cm³/mol. The van der Waals surface area contributed by atoms with Crippen molar-refractivity contribution in [2.24, 2.45) is 10.9 Å². The lowest BCUT2D eigenvalue weighted by Crippen LogP contribution is -2.44. The van der Waals surface area contributed by atoms with Gasteiger partial charge in [0.25, 0.3) is 0 Å². The summed E-state index contributed by atoms with van der Waals surface area (Å²) >= 11 is 0. The molecular formula is C16H32N4O3S. The number of carbonyl (C=O) groups excluding carboxylic acids is 1. The van der Waals surface area contributed by atoms with E-state index in [0.717, 1.165) is 12.8 Å². The number of rotatable bonds is 8. The second-order valence-corrected chi connectivity index (χ2v) is 9.16. The van der Waals surface area contributed by atoms with Gasteiger partial charge in [-0.05, 0) is 32.1 Å². The van der Waals surface area contributed by atoms with E-state index in [1.807, 2.05) is 0 Å². The van der Waals surface area contributed by atoms with Gasteiger partial charge in [-0.2, -0.15) is 0 Å². The van der Waals surface area contributed by atoms with Gasteiger partial charge in [-0.25, -0.2) is 8.42 Å². The summed E-state index contributed by atoms with van der Waals surface area (Å²) in [6.07, 6.45) is 3.02. The molecule has 0 radical (unpaired) electrons. The molecule has 0 spiro atoms. The van der Waals surface area contributed by atoms with Crippen molar-refractivity contribution in [3.8, 4) is 0 Å². The van der Waals surface area contributed by atoms with Gasteiger partial charge < -0.3 is 16.0 Å². The van der Waals surface area contributed by atoms with E-state index in [9.17, 15) is 13.2 Å². The monoisotopic (exact) mass is 360 g/mol. The number of carbonyl (C=O) groups is 1. The molecule has 0 aromatic rings. The van der Waals surface area contributed by atoms with E-state index in [4.69, 9.17) is 0 Å². The van der Waals surface area contributed by atoms with E-state index in [0.29, 0.717) is 30.9 Å². The summed E-state index contributed by atoms with van der Waals surface area (Å²) in [6, 6.07) is 0.0760. The minimum atomic E-state index is -2.96. The third kappa shape index (κ3) is 8.52. The molecule has 2 atom stereocenters. The van der Waals surface area contributed by atoms with Gasteiger partial charge in [0, 0.05) is 32.1 Å². The first-order valence-corrected chi connectivity index (χ1v) is 10.5. The number of hydrogen-bond donors (Lipinski definition) is 3. The Morgan fingerprint density at radius 2 is 1.96 bits per heavy atom. The van der Waals surface area contributed by atoms with Gasteiger partial charge in [-0.15, -0.1) is 0 Å². The van der Waals surface area contributed by atoms with Gasteiger partial charge in [-0.3, -0.25) is 9.79 Å². The summed E-state index contributed by atoms with van der Waals surface area (Å²) in [5.41, 5.74) is 0. The maximum absolute atomic E-state index is 11.9. The van der Waals surface area contributed by atoms with Crippen LogP contribution in [0.25, 0.3) is 0 Å². The zero-order valence-corrected chi connectivity index (χ0v) is 16.1. The van der Waals surface area contributed by atoms with Gasteiger partial charge in [0.15, 0.2) is 15.8 Å². The van der Waals surface area contributed by atoms with E-state index in [-0.39, 0.29) is 29.9 Å². The summed E-state index contributed by atoms with van der Waals surface area (Å²) < 4.78 is 22.7. The molecule has 7 nitrogen and oxygen atoms in total. The fourth-order valence-electron chi connectivity index (χ4n) is 2.59. The van der Waals surface area contributed by atoms with Crippen molar-refractivity contribution in [2.75, 3.05) is 25.1 Å². The summed E-state index contributed by atoms with van der Waals surface area (Å²) in [4.78, 5) is 16.0. The third-order valence-corrected chi connectivity index (χ3v) is 5.79. The van der Waals surface area contributed by atoms with Crippen LogP contribution in [-0.4, -0.2) is 57.5 Å². The molecule has 0 saturated carbocycles. The fourth-order valence-corrected chi connectivity index (χ4v) is 4.26. The smallest absolute Gasteiger partial charge is 0.222 e. The van der Waals surface area contributed by atoms with Gasteiger partial charge in [0.2, 0.25) is 5.91 Å². The molecule has 0 aliphatic carbocycles. The highest BCUT2D eigenvalue weighted by Gasteiger charge is 2.28. The van der Waals surface area contributed by atoms with Gasteiger partial charge in [-0.1, -0.05) is 13.8 Å². The average molecular weight is 361 g/mol. The summed E-state index contributed by atoms with van der Waals surface area (Å²) in [5, 5.41) is 9.21. The minimum absolute atomic E-state index is 0.0583. The van der Waals surface area contributed by atoms with Crippen LogP contribution in [0.15, 0.2) is 4.99 Å². The van der Waals surface area contributed by atoms with E-state index in [1.54, 1.807) is 7.05 Å². The summed E-state index contributed by atoms with van der Waals surface area (Å²) in [6.45, 7) is 6.98. The zero-order valence-electron chi connectivity index (χ0n) is 15.3. The van der Waals surface area contributed by atoms with Gasteiger partial charge >= 0.3 is 0 Å². The van der Waals surface area contributed by atoms with Crippen LogP contribution in [-0.2, 0) is 14.6 Å². The van der Waals surface area contributed by atoms with Gasteiger partial charge in [0.1, 0.15) is 0 Å². The van der Waals surface area contributed by atoms with Crippen molar-refractivity contribution in [1.82, 2.24) is 16.0 Å². The first-order valence-electron chi connectivity index (χ1n) is 8.69. The summed E-state index contributed by atoms with van der Waals surface area (Å²) in [7, 11) is -1.26. The molecule has 1 saturated heterocycles. The third-order valence-electron chi connectivity index (χ3n) is 4.03. The highest BCUT2D eigenvalue weighted by Crippen LogP contribution is 2.11. The van der Waals surface area contributed by atoms with Crippen LogP contribution in [0.4, 0.5) is 0 Å². The van der Waals surface area contributed by atoms with E-state index in [1.165, 1.54) is 0 Å². The van der Waals surface area contributed by atoms with Gasteiger partial charge in [0.05, 0.1) is 11.5 Å². The first-order chi connectivity index (χ1) is 11.2. The number of guanidine groups is 1.